The second-order valence-corrected chi connectivity index (χ2v) is 5.05. The van der Waals surface area contributed by atoms with E-state index in [4.69, 9.17) is 9.26 Å². The third kappa shape index (κ3) is 3.04. The number of aromatic nitrogens is 2. The van der Waals surface area contributed by atoms with Crippen molar-refractivity contribution in [2.24, 2.45) is 0 Å². The molecule has 0 aliphatic carbocycles. The SMILES string of the molecule is CC(C)NCCc1nc(C2(C)CCCO2)no1. The summed E-state index contributed by atoms with van der Waals surface area (Å²) < 4.78 is 10.9. The number of ether oxygens (including phenoxy) is 1. The fourth-order valence-electron chi connectivity index (χ4n) is 1.99. The van der Waals surface area contributed by atoms with Crippen LogP contribution in [0.4, 0.5) is 0 Å². The maximum atomic E-state index is 5.68. The average molecular weight is 239 g/mol. The Labute approximate surface area is 102 Å². The highest BCUT2D eigenvalue weighted by Gasteiger charge is 2.36. The zero-order chi connectivity index (χ0) is 12.3. The van der Waals surface area contributed by atoms with E-state index < -0.39 is 0 Å². The van der Waals surface area contributed by atoms with Crippen molar-refractivity contribution >= 4 is 0 Å². The molecule has 1 atom stereocenters. The molecule has 1 aliphatic rings. The summed E-state index contributed by atoms with van der Waals surface area (Å²) in [6.07, 6.45) is 2.80. The van der Waals surface area contributed by atoms with Crippen LogP contribution in [0.3, 0.4) is 0 Å². The molecule has 1 aromatic heterocycles. The molecule has 1 N–H and O–H groups in total. The highest BCUT2D eigenvalue weighted by atomic mass is 16.5. The molecule has 1 aromatic rings. The molecule has 0 aromatic carbocycles. The number of rotatable bonds is 5. The second kappa shape index (κ2) is 5.14. The summed E-state index contributed by atoms with van der Waals surface area (Å²) in [4.78, 5) is 4.42. The summed E-state index contributed by atoms with van der Waals surface area (Å²) in [7, 11) is 0. The van der Waals surface area contributed by atoms with E-state index in [2.05, 4.69) is 29.3 Å². The molecule has 1 fully saturated rings. The summed E-state index contributed by atoms with van der Waals surface area (Å²) in [5, 5.41) is 7.35. The van der Waals surface area contributed by atoms with Crippen molar-refractivity contribution in [3.63, 3.8) is 0 Å². The Hall–Kier alpha value is -0.940. The van der Waals surface area contributed by atoms with Gasteiger partial charge in [-0.3, -0.25) is 0 Å². The van der Waals surface area contributed by atoms with Crippen LogP contribution in [-0.4, -0.2) is 29.3 Å². The average Bonchev–Trinajstić information content (AvgIpc) is 2.87. The Kier molecular flexibility index (Phi) is 3.79. The van der Waals surface area contributed by atoms with Gasteiger partial charge in [-0.15, -0.1) is 0 Å². The molecule has 17 heavy (non-hydrogen) atoms. The number of nitrogens with one attached hydrogen (secondary N) is 1. The first-order chi connectivity index (χ1) is 8.10. The van der Waals surface area contributed by atoms with E-state index >= 15 is 0 Å². The molecule has 2 heterocycles. The van der Waals surface area contributed by atoms with E-state index in [1.54, 1.807) is 0 Å². The van der Waals surface area contributed by atoms with Crippen molar-refractivity contribution in [1.82, 2.24) is 15.5 Å². The van der Waals surface area contributed by atoms with E-state index in [1.807, 2.05) is 6.92 Å². The first kappa shape index (κ1) is 12.5. The maximum absolute atomic E-state index is 5.68. The Morgan fingerprint density at radius 1 is 1.47 bits per heavy atom. The molecular weight excluding hydrogens is 218 g/mol. The molecule has 1 aliphatic heterocycles. The molecule has 1 unspecified atom stereocenters. The van der Waals surface area contributed by atoms with Gasteiger partial charge in [0.1, 0.15) is 5.60 Å². The molecule has 0 amide bonds. The van der Waals surface area contributed by atoms with Crippen LogP contribution in [0.1, 0.15) is 45.3 Å². The minimum absolute atomic E-state index is 0.340. The monoisotopic (exact) mass is 239 g/mol. The van der Waals surface area contributed by atoms with E-state index in [-0.39, 0.29) is 5.60 Å². The lowest BCUT2D eigenvalue weighted by Gasteiger charge is -2.17. The van der Waals surface area contributed by atoms with Gasteiger partial charge in [0.2, 0.25) is 11.7 Å². The number of hydrogen-bond donors (Lipinski definition) is 1. The second-order valence-electron chi connectivity index (χ2n) is 5.05. The normalized spacial score (nSPS) is 24.7. The fourth-order valence-corrected chi connectivity index (χ4v) is 1.99. The van der Waals surface area contributed by atoms with Crippen molar-refractivity contribution in [3.8, 4) is 0 Å². The Morgan fingerprint density at radius 3 is 2.94 bits per heavy atom. The van der Waals surface area contributed by atoms with E-state index in [0.29, 0.717) is 17.8 Å². The lowest BCUT2D eigenvalue weighted by molar-refractivity contribution is 0.00768. The van der Waals surface area contributed by atoms with E-state index in [9.17, 15) is 0 Å². The molecule has 2 rings (SSSR count). The van der Waals surface area contributed by atoms with Gasteiger partial charge in [0.15, 0.2) is 0 Å². The van der Waals surface area contributed by atoms with Gasteiger partial charge in [-0.05, 0) is 19.8 Å². The first-order valence-electron chi connectivity index (χ1n) is 6.30. The third-order valence-electron chi connectivity index (χ3n) is 3.05. The third-order valence-corrected chi connectivity index (χ3v) is 3.05. The molecule has 1 saturated heterocycles. The predicted octanol–water partition coefficient (Wildman–Crippen LogP) is 1.64. The van der Waals surface area contributed by atoms with Gasteiger partial charge in [-0.1, -0.05) is 19.0 Å². The van der Waals surface area contributed by atoms with Gasteiger partial charge in [-0.2, -0.15) is 4.98 Å². The van der Waals surface area contributed by atoms with E-state index in [0.717, 1.165) is 32.4 Å². The predicted molar refractivity (Wildman–Crippen MR) is 63.7 cm³/mol. The van der Waals surface area contributed by atoms with Gasteiger partial charge in [0, 0.05) is 25.6 Å². The van der Waals surface area contributed by atoms with Crippen molar-refractivity contribution in [3.05, 3.63) is 11.7 Å². The van der Waals surface area contributed by atoms with Gasteiger partial charge in [-0.25, -0.2) is 0 Å². The summed E-state index contributed by atoms with van der Waals surface area (Å²) in [5.74, 6) is 1.37. The van der Waals surface area contributed by atoms with Gasteiger partial charge in [0.05, 0.1) is 0 Å². The Morgan fingerprint density at radius 2 is 2.29 bits per heavy atom. The van der Waals surface area contributed by atoms with Crippen LogP contribution in [0.2, 0.25) is 0 Å². The smallest absolute Gasteiger partial charge is 0.228 e. The lowest BCUT2D eigenvalue weighted by atomic mass is 10.0. The molecule has 0 spiro atoms. The van der Waals surface area contributed by atoms with Crippen molar-refractivity contribution in [2.45, 2.75) is 51.7 Å². The van der Waals surface area contributed by atoms with Gasteiger partial charge in [0.25, 0.3) is 0 Å². The van der Waals surface area contributed by atoms with Crippen LogP contribution in [0.25, 0.3) is 0 Å². The Bertz CT molecular complexity index is 356. The number of hydrogen-bond acceptors (Lipinski definition) is 5. The minimum atomic E-state index is -0.340. The zero-order valence-electron chi connectivity index (χ0n) is 10.8. The summed E-state index contributed by atoms with van der Waals surface area (Å²) in [6.45, 7) is 7.91. The largest absolute Gasteiger partial charge is 0.367 e. The fraction of sp³-hybridized carbons (Fsp3) is 0.833. The highest BCUT2D eigenvalue weighted by molar-refractivity contribution is 5.01. The molecule has 5 nitrogen and oxygen atoms in total. The molecule has 5 heteroatoms. The zero-order valence-corrected chi connectivity index (χ0v) is 10.8. The highest BCUT2D eigenvalue weighted by Crippen LogP contribution is 2.33. The molecule has 96 valence electrons. The van der Waals surface area contributed by atoms with Crippen molar-refractivity contribution in [2.75, 3.05) is 13.2 Å². The van der Waals surface area contributed by atoms with Crippen molar-refractivity contribution in [1.29, 1.82) is 0 Å². The molecule has 0 saturated carbocycles. The van der Waals surface area contributed by atoms with Gasteiger partial charge >= 0.3 is 0 Å². The minimum Gasteiger partial charge on any atom is -0.367 e. The topological polar surface area (TPSA) is 60.2 Å². The van der Waals surface area contributed by atoms with Crippen LogP contribution in [-0.2, 0) is 16.8 Å². The summed E-state index contributed by atoms with van der Waals surface area (Å²) in [5.41, 5.74) is -0.340. The molecular formula is C12H21N3O2. The van der Waals surface area contributed by atoms with Crippen LogP contribution >= 0.6 is 0 Å². The van der Waals surface area contributed by atoms with Crippen LogP contribution < -0.4 is 5.32 Å². The van der Waals surface area contributed by atoms with Gasteiger partial charge < -0.3 is 14.6 Å². The summed E-state index contributed by atoms with van der Waals surface area (Å²) >= 11 is 0. The Balaban J connectivity index is 1.91. The maximum Gasteiger partial charge on any atom is 0.228 e. The lowest BCUT2D eigenvalue weighted by Crippen LogP contribution is -2.25. The van der Waals surface area contributed by atoms with Crippen LogP contribution in [0, 0.1) is 0 Å². The van der Waals surface area contributed by atoms with E-state index in [1.165, 1.54) is 0 Å². The number of nitrogens with zero attached hydrogens (tertiary/aromatic N) is 2. The molecule has 0 bridgehead atoms. The standard InChI is InChI=1S/C12H21N3O2/c1-9(2)13-7-5-10-14-11(15-17-10)12(3)6-4-8-16-12/h9,13H,4-8H2,1-3H3. The van der Waals surface area contributed by atoms with Crippen LogP contribution in [0.5, 0.6) is 0 Å². The van der Waals surface area contributed by atoms with Crippen LogP contribution in [0.15, 0.2) is 4.52 Å². The first-order valence-corrected chi connectivity index (χ1v) is 6.30. The molecule has 0 radical (unpaired) electrons. The summed E-state index contributed by atoms with van der Waals surface area (Å²) in [6, 6.07) is 0.480. The van der Waals surface area contributed by atoms with Crippen molar-refractivity contribution < 1.29 is 9.26 Å². The quantitative estimate of drug-likeness (QED) is 0.846.